The quantitative estimate of drug-likeness (QED) is 0.529. The second kappa shape index (κ2) is 2.27. The third-order valence-corrected chi connectivity index (χ3v) is 1.61. The Bertz CT molecular complexity index is 88.5. The van der Waals surface area contributed by atoms with E-state index in [1.807, 2.05) is 7.05 Å². The molecule has 8 heavy (non-hydrogen) atoms. The predicted octanol–water partition coefficient (Wildman–Crippen LogP) is 0.183. The Kier molecular flexibility index (Phi) is 1.63. The van der Waals surface area contributed by atoms with Gasteiger partial charge in [0.2, 0.25) is 0 Å². The monoisotopic (exact) mass is 113 g/mol. The largest absolute Gasteiger partial charge is 0.311 e. The molecule has 1 atom stereocenters. The van der Waals surface area contributed by atoms with Gasteiger partial charge < -0.3 is 10.1 Å². The van der Waals surface area contributed by atoms with Crippen LogP contribution in [0.3, 0.4) is 0 Å². The van der Waals surface area contributed by atoms with Crippen molar-refractivity contribution >= 4 is 6.29 Å². The Labute approximate surface area is 49.3 Å². The van der Waals surface area contributed by atoms with E-state index in [0.29, 0.717) is 5.92 Å². The normalized spacial score (nSPS) is 22.6. The van der Waals surface area contributed by atoms with Crippen LogP contribution < -0.4 is 5.32 Å². The van der Waals surface area contributed by atoms with E-state index in [2.05, 4.69) is 5.32 Å². The third-order valence-electron chi connectivity index (χ3n) is 1.61. The molecule has 0 amide bonds. The van der Waals surface area contributed by atoms with E-state index in [0.717, 1.165) is 6.29 Å². The lowest BCUT2D eigenvalue weighted by molar-refractivity contribution is -0.109. The molecule has 0 aliphatic heterocycles. The van der Waals surface area contributed by atoms with Crippen LogP contribution >= 0.6 is 0 Å². The zero-order chi connectivity index (χ0) is 5.98. The first-order valence-corrected chi connectivity index (χ1v) is 3.01. The van der Waals surface area contributed by atoms with Crippen LogP contribution in [-0.4, -0.2) is 19.4 Å². The average molecular weight is 113 g/mol. The van der Waals surface area contributed by atoms with Crippen molar-refractivity contribution in [3.63, 3.8) is 0 Å². The van der Waals surface area contributed by atoms with Crippen molar-refractivity contribution < 1.29 is 4.79 Å². The van der Waals surface area contributed by atoms with Crippen molar-refractivity contribution in [3.05, 3.63) is 0 Å². The summed E-state index contributed by atoms with van der Waals surface area (Å²) in [6.07, 6.45) is 3.45. The minimum absolute atomic E-state index is 0.134. The summed E-state index contributed by atoms with van der Waals surface area (Å²) < 4.78 is 0. The average Bonchev–Trinajstić information content (AvgIpc) is 2.53. The van der Waals surface area contributed by atoms with Crippen LogP contribution in [0.4, 0.5) is 0 Å². The highest BCUT2D eigenvalue weighted by Gasteiger charge is 2.29. The van der Waals surface area contributed by atoms with Crippen LogP contribution in [0.2, 0.25) is 0 Å². The molecule has 0 aromatic rings. The fraction of sp³-hybridized carbons (Fsp3) is 0.833. The molecule has 0 bridgehead atoms. The fourth-order valence-electron chi connectivity index (χ4n) is 0.870. The van der Waals surface area contributed by atoms with E-state index >= 15 is 0 Å². The lowest BCUT2D eigenvalue weighted by Crippen LogP contribution is -2.28. The molecule has 1 aliphatic carbocycles. The molecule has 1 saturated carbocycles. The standard InChI is InChI=1S/C6H11NO/c1-7-6(4-8)5-2-3-5/h4-7H,2-3H2,1H3. The van der Waals surface area contributed by atoms with E-state index in [4.69, 9.17) is 0 Å². The maximum absolute atomic E-state index is 10.2. The van der Waals surface area contributed by atoms with Gasteiger partial charge in [-0.15, -0.1) is 0 Å². The number of hydrogen-bond acceptors (Lipinski definition) is 2. The van der Waals surface area contributed by atoms with Crippen molar-refractivity contribution in [2.45, 2.75) is 18.9 Å². The number of carbonyl (C=O) groups excluding carboxylic acids is 1. The summed E-state index contributed by atoms with van der Waals surface area (Å²) in [5.74, 6) is 0.650. The Morgan fingerprint density at radius 3 is 2.50 bits per heavy atom. The van der Waals surface area contributed by atoms with Crippen LogP contribution in [0.15, 0.2) is 0 Å². The highest BCUT2D eigenvalue weighted by Crippen LogP contribution is 2.31. The second-order valence-corrected chi connectivity index (χ2v) is 2.29. The van der Waals surface area contributed by atoms with E-state index in [-0.39, 0.29) is 6.04 Å². The summed E-state index contributed by atoms with van der Waals surface area (Å²) in [7, 11) is 1.83. The topological polar surface area (TPSA) is 29.1 Å². The molecule has 1 rings (SSSR count). The lowest BCUT2D eigenvalue weighted by Gasteiger charge is -2.03. The predicted molar refractivity (Wildman–Crippen MR) is 31.6 cm³/mol. The van der Waals surface area contributed by atoms with Crippen LogP contribution in [0.1, 0.15) is 12.8 Å². The van der Waals surface area contributed by atoms with Gasteiger partial charge >= 0.3 is 0 Å². The van der Waals surface area contributed by atoms with Gasteiger partial charge in [0.15, 0.2) is 0 Å². The van der Waals surface area contributed by atoms with Crippen molar-refractivity contribution in [3.8, 4) is 0 Å². The second-order valence-electron chi connectivity index (χ2n) is 2.29. The van der Waals surface area contributed by atoms with E-state index in [1.54, 1.807) is 0 Å². The van der Waals surface area contributed by atoms with Gasteiger partial charge in [-0.05, 0) is 25.8 Å². The van der Waals surface area contributed by atoms with E-state index in [9.17, 15) is 4.79 Å². The number of carbonyl (C=O) groups is 1. The maximum Gasteiger partial charge on any atom is 0.137 e. The van der Waals surface area contributed by atoms with Crippen molar-refractivity contribution in [2.24, 2.45) is 5.92 Å². The van der Waals surface area contributed by atoms with Gasteiger partial charge in [-0.2, -0.15) is 0 Å². The Hall–Kier alpha value is -0.370. The van der Waals surface area contributed by atoms with Gasteiger partial charge in [0.05, 0.1) is 6.04 Å². The van der Waals surface area contributed by atoms with Crippen molar-refractivity contribution in [1.82, 2.24) is 5.32 Å². The molecule has 0 heterocycles. The zero-order valence-electron chi connectivity index (χ0n) is 5.05. The molecule has 1 fully saturated rings. The number of hydrogen-bond donors (Lipinski definition) is 1. The molecular weight excluding hydrogens is 102 g/mol. The molecular formula is C6H11NO. The molecule has 0 aromatic heterocycles. The Morgan fingerprint density at radius 2 is 2.38 bits per heavy atom. The molecule has 2 heteroatoms. The number of likely N-dealkylation sites (N-methyl/N-ethyl adjacent to an activating group) is 1. The molecule has 0 radical (unpaired) electrons. The molecule has 0 saturated heterocycles. The first-order valence-electron chi connectivity index (χ1n) is 3.01. The van der Waals surface area contributed by atoms with E-state index in [1.165, 1.54) is 12.8 Å². The van der Waals surface area contributed by atoms with E-state index < -0.39 is 0 Å². The van der Waals surface area contributed by atoms with Gasteiger partial charge in [-0.25, -0.2) is 0 Å². The third kappa shape index (κ3) is 1.07. The minimum Gasteiger partial charge on any atom is -0.311 e. The molecule has 0 aromatic carbocycles. The van der Waals surface area contributed by atoms with Gasteiger partial charge in [0, 0.05) is 0 Å². The minimum atomic E-state index is 0.134. The van der Waals surface area contributed by atoms with Crippen LogP contribution in [-0.2, 0) is 4.79 Å². The number of rotatable bonds is 3. The van der Waals surface area contributed by atoms with Gasteiger partial charge in [0.25, 0.3) is 0 Å². The fourth-order valence-corrected chi connectivity index (χ4v) is 0.870. The highest BCUT2D eigenvalue weighted by atomic mass is 16.1. The molecule has 2 nitrogen and oxygen atoms in total. The van der Waals surface area contributed by atoms with Crippen LogP contribution in [0, 0.1) is 5.92 Å². The lowest BCUT2D eigenvalue weighted by atomic mass is 10.2. The highest BCUT2D eigenvalue weighted by molar-refractivity contribution is 5.58. The molecule has 46 valence electrons. The van der Waals surface area contributed by atoms with Gasteiger partial charge in [0.1, 0.15) is 6.29 Å². The van der Waals surface area contributed by atoms with Crippen molar-refractivity contribution in [1.29, 1.82) is 0 Å². The van der Waals surface area contributed by atoms with Gasteiger partial charge in [-0.3, -0.25) is 0 Å². The molecule has 1 N–H and O–H groups in total. The molecule has 0 spiro atoms. The first kappa shape index (κ1) is 5.76. The van der Waals surface area contributed by atoms with Crippen LogP contribution in [0.25, 0.3) is 0 Å². The summed E-state index contributed by atoms with van der Waals surface area (Å²) in [5, 5.41) is 2.95. The SMILES string of the molecule is CNC(C=O)C1CC1. The molecule has 1 unspecified atom stereocenters. The smallest absolute Gasteiger partial charge is 0.137 e. The van der Waals surface area contributed by atoms with Crippen LogP contribution in [0.5, 0.6) is 0 Å². The Balaban J connectivity index is 2.25. The number of aldehydes is 1. The van der Waals surface area contributed by atoms with Gasteiger partial charge in [-0.1, -0.05) is 0 Å². The summed E-state index contributed by atoms with van der Waals surface area (Å²) in [6, 6.07) is 0.134. The maximum atomic E-state index is 10.2. The Morgan fingerprint density at radius 1 is 1.75 bits per heavy atom. The summed E-state index contributed by atoms with van der Waals surface area (Å²) in [6.45, 7) is 0. The van der Waals surface area contributed by atoms with Crippen molar-refractivity contribution in [2.75, 3.05) is 7.05 Å². The zero-order valence-corrected chi connectivity index (χ0v) is 5.05. The number of nitrogens with one attached hydrogen (secondary N) is 1. The summed E-state index contributed by atoms with van der Waals surface area (Å²) in [5.41, 5.74) is 0. The molecule has 1 aliphatic rings. The summed E-state index contributed by atoms with van der Waals surface area (Å²) in [4.78, 5) is 10.2. The summed E-state index contributed by atoms with van der Waals surface area (Å²) >= 11 is 0. The first-order chi connectivity index (χ1) is 3.88.